The lowest BCUT2D eigenvalue weighted by molar-refractivity contribution is -0.145. The maximum Gasteiger partial charge on any atom is 0.306 e. The van der Waals surface area contributed by atoms with E-state index in [1.54, 1.807) is 18.2 Å². The van der Waals surface area contributed by atoms with Crippen LogP contribution in [-0.2, 0) is 16.1 Å². The number of hydrogen-bond donors (Lipinski definition) is 3. The summed E-state index contributed by atoms with van der Waals surface area (Å²) in [4.78, 5) is 12.1. The predicted octanol–water partition coefficient (Wildman–Crippen LogP) is 8.12. The fraction of sp³-hybridized carbons (Fsp3) is 0.774. The maximum absolute atomic E-state index is 12.1. The highest BCUT2D eigenvalue weighted by Gasteiger charge is 2.15. The van der Waals surface area contributed by atoms with Gasteiger partial charge >= 0.3 is 5.97 Å². The van der Waals surface area contributed by atoms with Crippen molar-refractivity contribution in [1.82, 2.24) is 5.32 Å². The lowest BCUT2D eigenvalue weighted by Crippen LogP contribution is -2.38. The summed E-state index contributed by atoms with van der Waals surface area (Å²) in [6, 6.07) is 4.96. The highest BCUT2D eigenvalue weighted by atomic mass is 16.5. The van der Waals surface area contributed by atoms with Crippen LogP contribution >= 0.6 is 0 Å². The molecule has 0 heterocycles. The predicted molar refractivity (Wildman–Crippen MR) is 150 cm³/mol. The Hall–Kier alpha value is -1.59. The zero-order valence-corrected chi connectivity index (χ0v) is 23.7. The minimum Gasteiger partial charge on any atom is -0.508 e. The number of ether oxygens (including phenoxy) is 1. The van der Waals surface area contributed by atoms with Gasteiger partial charge in [0.15, 0.2) is 0 Å². The van der Waals surface area contributed by atoms with E-state index in [0.717, 1.165) is 12.8 Å². The van der Waals surface area contributed by atoms with Crippen LogP contribution in [0.3, 0.4) is 0 Å². The molecule has 1 atom stereocenters. The summed E-state index contributed by atoms with van der Waals surface area (Å²) in [6.07, 6.45) is 19.2. The average molecular weight is 506 g/mol. The average Bonchev–Trinajstić information content (AvgIpc) is 2.84. The molecule has 1 rings (SSSR count). The molecule has 208 valence electrons. The molecule has 0 fully saturated rings. The molecule has 36 heavy (non-hydrogen) atoms. The number of aromatic hydroxyl groups is 1. The number of aliphatic hydroxyl groups is 1. The molecule has 5 nitrogen and oxygen atoms in total. The number of unbranched alkanes of at least 4 members (excludes halogenated alkanes) is 14. The molecule has 0 spiro atoms. The molecule has 0 aliphatic carbocycles. The van der Waals surface area contributed by atoms with Gasteiger partial charge in [0, 0.05) is 24.1 Å². The number of esters is 1. The zero-order valence-electron chi connectivity index (χ0n) is 23.7. The Kier molecular flexibility index (Phi) is 17.6. The largest absolute Gasteiger partial charge is 0.508 e. The molecule has 0 radical (unpaired) electrons. The van der Waals surface area contributed by atoms with Gasteiger partial charge in [-0.15, -0.1) is 0 Å². The first-order valence-electron chi connectivity index (χ1n) is 14.6. The third kappa shape index (κ3) is 17.0. The van der Waals surface area contributed by atoms with Crippen LogP contribution in [0.15, 0.2) is 18.2 Å². The standard InChI is InChI=1S/C31H55NO4/c1-5-6-7-8-9-10-11-12-13-14-15-16-17-18-19-20-30(35)36-25-27-23-26(21-22-28(27)33)29(34)24-32-31(2,3)4/h21-23,29,32-34H,5-20,24-25H2,1-4H3. The van der Waals surface area contributed by atoms with Crippen molar-refractivity contribution < 1.29 is 19.7 Å². The van der Waals surface area contributed by atoms with Gasteiger partial charge in [-0.3, -0.25) is 4.79 Å². The molecule has 0 aromatic heterocycles. The zero-order chi connectivity index (χ0) is 26.7. The molecule has 0 amide bonds. The molecule has 5 heteroatoms. The lowest BCUT2D eigenvalue weighted by atomic mass is 10.0. The van der Waals surface area contributed by atoms with Crippen molar-refractivity contribution in [3.63, 3.8) is 0 Å². The van der Waals surface area contributed by atoms with Gasteiger partial charge in [0.05, 0.1) is 6.10 Å². The van der Waals surface area contributed by atoms with Crippen LogP contribution in [0, 0.1) is 0 Å². The first-order chi connectivity index (χ1) is 17.2. The van der Waals surface area contributed by atoms with Gasteiger partial charge < -0.3 is 20.3 Å². The number of carbonyl (C=O) groups excluding carboxylic acids is 1. The number of phenolic OH excluding ortho intramolecular Hbond substituents is 1. The van der Waals surface area contributed by atoms with Gasteiger partial charge in [-0.2, -0.15) is 0 Å². The minimum atomic E-state index is -0.695. The summed E-state index contributed by atoms with van der Waals surface area (Å²) >= 11 is 0. The van der Waals surface area contributed by atoms with Crippen LogP contribution in [0.2, 0.25) is 0 Å². The van der Waals surface area contributed by atoms with Crippen LogP contribution in [0.5, 0.6) is 5.75 Å². The van der Waals surface area contributed by atoms with E-state index in [-0.39, 0.29) is 23.9 Å². The van der Waals surface area contributed by atoms with Crippen LogP contribution in [-0.4, -0.2) is 28.3 Å². The smallest absolute Gasteiger partial charge is 0.306 e. The van der Waals surface area contributed by atoms with Gasteiger partial charge in [0.1, 0.15) is 12.4 Å². The third-order valence-electron chi connectivity index (χ3n) is 6.69. The number of benzene rings is 1. The molecular formula is C31H55NO4. The van der Waals surface area contributed by atoms with E-state index in [1.807, 2.05) is 20.8 Å². The summed E-state index contributed by atoms with van der Waals surface area (Å²) in [5, 5.41) is 23.8. The van der Waals surface area contributed by atoms with Crippen LogP contribution in [0.25, 0.3) is 0 Å². The molecule has 0 aliphatic heterocycles. The van der Waals surface area contributed by atoms with E-state index in [9.17, 15) is 15.0 Å². The first kappa shape index (κ1) is 32.4. The van der Waals surface area contributed by atoms with E-state index < -0.39 is 6.10 Å². The molecular weight excluding hydrogens is 450 g/mol. The normalized spacial score (nSPS) is 12.6. The number of nitrogens with one attached hydrogen (secondary N) is 1. The van der Waals surface area contributed by atoms with Crippen molar-refractivity contribution in [2.45, 2.75) is 149 Å². The Bertz CT molecular complexity index is 698. The van der Waals surface area contributed by atoms with Crippen molar-refractivity contribution in [1.29, 1.82) is 0 Å². The van der Waals surface area contributed by atoms with Gasteiger partial charge in [-0.05, 0) is 44.9 Å². The summed E-state index contributed by atoms with van der Waals surface area (Å²) in [6.45, 7) is 8.83. The highest BCUT2D eigenvalue weighted by Crippen LogP contribution is 2.24. The van der Waals surface area contributed by atoms with Gasteiger partial charge in [0.25, 0.3) is 0 Å². The van der Waals surface area contributed by atoms with Crippen molar-refractivity contribution in [2.75, 3.05) is 6.54 Å². The Morgan fingerprint density at radius 2 is 1.36 bits per heavy atom. The summed E-state index contributed by atoms with van der Waals surface area (Å²) in [7, 11) is 0. The number of carbonyl (C=O) groups is 1. The fourth-order valence-corrected chi connectivity index (χ4v) is 4.32. The second kappa shape index (κ2) is 19.5. The summed E-state index contributed by atoms with van der Waals surface area (Å²) in [5.41, 5.74) is 1.12. The van der Waals surface area contributed by atoms with E-state index in [4.69, 9.17) is 4.74 Å². The van der Waals surface area contributed by atoms with Crippen LogP contribution < -0.4 is 5.32 Å². The Morgan fingerprint density at radius 3 is 1.86 bits per heavy atom. The third-order valence-corrected chi connectivity index (χ3v) is 6.69. The van der Waals surface area contributed by atoms with E-state index in [0.29, 0.717) is 24.1 Å². The van der Waals surface area contributed by atoms with E-state index in [2.05, 4.69) is 12.2 Å². The number of hydrogen-bond acceptors (Lipinski definition) is 5. The first-order valence-corrected chi connectivity index (χ1v) is 14.6. The van der Waals surface area contributed by atoms with Gasteiger partial charge in [-0.25, -0.2) is 0 Å². The Labute approximate surface area is 221 Å². The van der Waals surface area contributed by atoms with Crippen molar-refractivity contribution in [2.24, 2.45) is 0 Å². The fourth-order valence-electron chi connectivity index (χ4n) is 4.32. The number of aliphatic hydroxyl groups excluding tert-OH is 1. The maximum atomic E-state index is 12.1. The lowest BCUT2D eigenvalue weighted by Gasteiger charge is -2.23. The summed E-state index contributed by atoms with van der Waals surface area (Å²) in [5.74, 6) is -0.154. The number of rotatable bonds is 21. The van der Waals surface area contributed by atoms with Crippen LogP contribution in [0.4, 0.5) is 0 Å². The SMILES string of the molecule is CCCCCCCCCCCCCCCCCC(=O)OCc1cc(C(O)CNC(C)(C)C)ccc1O. The molecule has 3 N–H and O–H groups in total. The summed E-state index contributed by atoms with van der Waals surface area (Å²) < 4.78 is 5.38. The molecule has 1 unspecified atom stereocenters. The number of β-amino-alcohol motifs (C(OH)–C–C–N with tert-alkyl or cyclic N) is 1. The topological polar surface area (TPSA) is 78.8 Å². The van der Waals surface area contributed by atoms with E-state index >= 15 is 0 Å². The molecule has 1 aromatic carbocycles. The van der Waals surface area contributed by atoms with Crippen molar-refractivity contribution in [3.8, 4) is 5.75 Å². The Morgan fingerprint density at radius 1 is 0.861 bits per heavy atom. The van der Waals surface area contributed by atoms with Crippen molar-refractivity contribution in [3.05, 3.63) is 29.3 Å². The molecule has 1 aromatic rings. The molecule has 0 aliphatic rings. The van der Waals surface area contributed by atoms with Gasteiger partial charge in [0.2, 0.25) is 0 Å². The van der Waals surface area contributed by atoms with E-state index in [1.165, 1.54) is 83.5 Å². The quantitative estimate of drug-likeness (QED) is 0.116. The monoisotopic (exact) mass is 505 g/mol. The minimum absolute atomic E-state index is 0.0245. The van der Waals surface area contributed by atoms with Crippen LogP contribution in [0.1, 0.15) is 148 Å². The second-order valence-corrected chi connectivity index (χ2v) is 11.4. The van der Waals surface area contributed by atoms with Crippen molar-refractivity contribution >= 4 is 5.97 Å². The molecule has 0 bridgehead atoms. The Balaban J connectivity index is 2.08. The molecule has 0 saturated heterocycles. The van der Waals surface area contributed by atoms with Gasteiger partial charge in [-0.1, -0.05) is 103 Å². The molecule has 0 saturated carbocycles. The number of phenols is 1. The highest BCUT2D eigenvalue weighted by molar-refractivity contribution is 5.69. The second-order valence-electron chi connectivity index (χ2n) is 11.4.